The first-order valence-corrected chi connectivity index (χ1v) is 7.49. The molecule has 1 aliphatic rings. The third-order valence-electron chi connectivity index (χ3n) is 3.64. The third kappa shape index (κ3) is 3.80. The van der Waals surface area contributed by atoms with E-state index in [2.05, 4.69) is 37.5 Å². The van der Waals surface area contributed by atoms with E-state index in [-0.39, 0.29) is 0 Å². The molecule has 2 nitrogen and oxygen atoms in total. The molecular weight excluding hydrogens is 228 g/mol. The fourth-order valence-electron chi connectivity index (χ4n) is 2.48. The van der Waals surface area contributed by atoms with Gasteiger partial charge in [0.2, 0.25) is 0 Å². The van der Waals surface area contributed by atoms with Crippen LogP contribution in [0.15, 0.2) is 6.07 Å². The molecule has 0 aliphatic carbocycles. The van der Waals surface area contributed by atoms with E-state index in [1.807, 2.05) is 11.3 Å². The maximum absolute atomic E-state index is 3.64. The van der Waals surface area contributed by atoms with Crippen LogP contribution >= 0.6 is 11.3 Å². The van der Waals surface area contributed by atoms with Gasteiger partial charge in [0.15, 0.2) is 0 Å². The van der Waals surface area contributed by atoms with Gasteiger partial charge in [0.1, 0.15) is 0 Å². The zero-order valence-electron chi connectivity index (χ0n) is 11.2. The first-order chi connectivity index (χ1) is 8.15. The molecule has 0 bridgehead atoms. The van der Waals surface area contributed by atoms with E-state index >= 15 is 0 Å². The molecule has 1 aromatic rings. The number of nitrogens with one attached hydrogen (secondary N) is 2. The van der Waals surface area contributed by atoms with Crippen LogP contribution in [0, 0.1) is 13.8 Å². The van der Waals surface area contributed by atoms with Crippen molar-refractivity contribution in [1.29, 1.82) is 0 Å². The maximum atomic E-state index is 3.64. The predicted molar refractivity (Wildman–Crippen MR) is 75.7 cm³/mol. The summed E-state index contributed by atoms with van der Waals surface area (Å²) in [5.41, 5.74) is 1.43. The third-order valence-corrected chi connectivity index (χ3v) is 4.79. The minimum absolute atomic E-state index is 0.605. The number of thiophene rings is 1. The summed E-state index contributed by atoms with van der Waals surface area (Å²) in [6.45, 7) is 8.93. The predicted octanol–water partition coefficient (Wildman–Crippen LogP) is 2.99. The molecule has 17 heavy (non-hydrogen) atoms. The molecule has 0 radical (unpaired) electrons. The van der Waals surface area contributed by atoms with Gasteiger partial charge >= 0.3 is 0 Å². The zero-order valence-corrected chi connectivity index (χ0v) is 12.0. The molecule has 0 aromatic carbocycles. The van der Waals surface area contributed by atoms with Crippen molar-refractivity contribution in [3.8, 4) is 0 Å². The van der Waals surface area contributed by atoms with Gasteiger partial charge in [0.05, 0.1) is 0 Å². The van der Waals surface area contributed by atoms with Crippen molar-refractivity contribution in [2.45, 2.75) is 58.7 Å². The molecular formula is C14H24N2S. The van der Waals surface area contributed by atoms with Crippen LogP contribution in [-0.4, -0.2) is 18.6 Å². The van der Waals surface area contributed by atoms with Gasteiger partial charge in [-0.15, -0.1) is 11.3 Å². The lowest BCUT2D eigenvalue weighted by atomic mass is 10.1. The molecule has 2 rings (SSSR count). The van der Waals surface area contributed by atoms with Gasteiger partial charge in [-0.3, -0.25) is 0 Å². The lowest BCUT2D eigenvalue weighted by Crippen LogP contribution is -2.33. The Kier molecular flexibility index (Phi) is 4.60. The topological polar surface area (TPSA) is 24.1 Å². The molecule has 1 saturated heterocycles. The van der Waals surface area contributed by atoms with Crippen molar-refractivity contribution in [2.24, 2.45) is 0 Å². The summed E-state index contributed by atoms with van der Waals surface area (Å²) >= 11 is 1.92. The largest absolute Gasteiger partial charge is 0.314 e. The summed E-state index contributed by atoms with van der Waals surface area (Å²) < 4.78 is 0. The minimum Gasteiger partial charge on any atom is -0.314 e. The molecule has 1 aliphatic heterocycles. The first kappa shape index (κ1) is 13.1. The van der Waals surface area contributed by atoms with Gasteiger partial charge in [-0.1, -0.05) is 0 Å². The van der Waals surface area contributed by atoms with E-state index in [9.17, 15) is 0 Å². The average molecular weight is 252 g/mol. The van der Waals surface area contributed by atoms with Crippen molar-refractivity contribution in [3.63, 3.8) is 0 Å². The van der Waals surface area contributed by atoms with Crippen LogP contribution in [0.5, 0.6) is 0 Å². The Bertz CT molecular complexity index is 334. The highest BCUT2D eigenvalue weighted by atomic mass is 32.1. The summed E-state index contributed by atoms with van der Waals surface area (Å²) in [4.78, 5) is 2.91. The summed E-state index contributed by atoms with van der Waals surface area (Å²) in [6, 6.07) is 3.66. The molecule has 2 unspecified atom stereocenters. The fraction of sp³-hybridized carbons (Fsp3) is 0.714. The van der Waals surface area contributed by atoms with Crippen molar-refractivity contribution in [2.75, 3.05) is 6.54 Å². The summed E-state index contributed by atoms with van der Waals surface area (Å²) in [6.07, 6.45) is 3.95. The van der Waals surface area contributed by atoms with E-state index in [1.165, 1.54) is 41.1 Å². The minimum atomic E-state index is 0.605. The maximum Gasteiger partial charge on any atom is 0.0302 e. The van der Waals surface area contributed by atoms with Crippen molar-refractivity contribution >= 4 is 11.3 Å². The average Bonchev–Trinajstić information content (AvgIpc) is 2.87. The molecule has 96 valence electrons. The molecule has 0 saturated carbocycles. The number of hydrogen-bond acceptors (Lipinski definition) is 3. The molecule has 2 N–H and O–H groups in total. The molecule has 1 aromatic heterocycles. The highest BCUT2D eigenvalue weighted by molar-refractivity contribution is 7.12. The zero-order chi connectivity index (χ0) is 12.3. The Morgan fingerprint density at radius 2 is 2.35 bits per heavy atom. The van der Waals surface area contributed by atoms with Crippen molar-refractivity contribution in [3.05, 3.63) is 21.4 Å². The van der Waals surface area contributed by atoms with Gasteiger partial charge < -0.3 is 10.6 Å². The quantitative estimate of drug-likeness (QED) is 0.842. The molecule has 0 amide bonds. The monoisotopic (exact) mass is 252 g/mol. The smallest absolute Gasteiger partial charge is 0.0302 e. The highest BCUT2D eigenvalue weighted by Gasteiger charge is 2.16. The van der Waals surface area contributed by atoms with Crippen LogP contribution in [0.3, 0.4) is 0 Å². The Labute approximate surface area is 109 Å². The standard InChI is InChI=1S/C14H24N2S/c1-10-7-14(17-12(10)3)9-16-11(2)8-13-5-4-6-15-13/h7,11,13,15-16H,4-6,8-9H2,1-3H3. The SMILES string of the molecule is Cc1cc(CNC(C)CC2CCCN2)sc1C. The summed E-state index contributed by atoms with van der Waals surface area (Å²) in [5, 5.41) is 7.20. The molecule has 3 heteroatoms. The van der Waals surface area contributed by atoms with Gasteiger partial charge in [-0.05, 0) is 58.2 Å². The van der Waals surface area contributed by atoms with Crippen LogP contribution in [0.4, 0.5) is 0 Å². The summed E-state index contributed by atoms with van der Waals surface area (Å²) in [5.74, 6) is 0. The molecule has 0 spiro atoms. The Morgan fingerprint density at radius 1 is 1.53 bits per heavy atom. The van der Waals surface area contributed by atoms with Crippen molar-refractivity contribution < 1.29 is 0 Å². The lowest BCUT2D eigenvalue weighted by Gasteiger charge is -2.17. The number of aryl methyl sites for hydroxylation is 2. The molecule has 1 fully saturated rings. The normalized spacial score (nSPS) is 21.9. The van der Waals surface area contributed by atoms with E-state index in [0.717, 1.165) is 12.6 Å². The van der Waals surface area contributed by atoms with Gasteiger partial charge in [0, 0.05) is 28.4 Å². The van der Waals surface area contributed by atoms with E-state index < -0.39 is 0 Å². The van der Waals surface area contributed by atoms with Gasteiger partial charge in [-0.25, -0.2) is 0 Å². The van der Waals surface area contributed by atoms with E-state index in [4.69, 9.17) is 0 Å². The second-order valence-electron chi connectivity index (χ2n) is 5.26. The second-order valence-corrected chi connectivity index (χ2v) is 6.60. The van der Waals surface area contributed by atoms with Crippen LogP contribution in [0.1, 0.15) is 41.5 Å². The van der Waals surface area contributed by atoms with E-state index in [1.54, 1.807) is 0 Å². The molecule has 2 atom stereocenters. The Balaban J connectivity index is 1.73. The Hall–Kier alpha value is -0.380. The van der Waals surface area contributed by atoms with Gasteiger partial charge in [-0.2, -0.15) is 0 Å². The molecule has 2 heterocycles. The number of rotatable bonds is 5. The van der Waals surface area contributed by atoms with Crippen LogP contribution in [0.2, 0.25) is 0 Å². The number of hydrogen-bond donors (Lipinski definition) is 2. The Morgan fingerprint density at radius 3 is 2.94 bits per heavy atom. The highest BCUT2D eigenvalue weighted by Crippen LogP contribution is 2.20. The van der Waals surface area contributed by atoms with Gasteiger partial charge in [0.25, 0.3) is 0 Å². The summed E-state index contributed by atoms with van der Waals surface area (Å²) in [7, 11) is 0. The van der Waals surface area contributed by atoms with Crippen LogP contribution < -0.4 is 10.6 Å². The van der Waals surface area contributed by atoms with Crippen LogP contribution in [0.25, 0.3) is 0 Å². The second kappa shape index (κ2) is 5.98. The van der Waals surface area contributed by atoms with Crippen molar-refractivity contribution in [1.82, 2.24) is 10.6 Å². The van der Waals surface area contributed by atoms with Crippen LogP contribution in [-0.2, 0) is 6.54 Å². The lowest BCUT2D eigenvalue weighted by molar-refractivity contribution is 0.441. The fourth-order valence-corrected chi connectivity index (χ4v) is 3.48. The van der Waals surface area contributed by atoms with E-state index in [0.29, 0.717) is 6.04 Å². The first-order valence-electron chi connectivity index (χ1n) is 6.68.